The molecular formula is C39H40O20S. The molecule has 2 aliphatic carbocycles. The summed E-state index contributed by atoms with van der Waals surface area (Å²) in [5.74, 6) is -10.0. The third kappa shape index (κ3) is 6.01. The SMILES string of the molecule is COC(=O)C[C@H]1C[C@@]2(S[C@@]34C[C@H](CC(=O)O[C@H]5O[C@@H](C(=O)O)[C@H](O)[C@@H](O)[C@@H]5O)O[C@@H](C)[C@@]3(O)C(=O)c3c(O)cccc3C4=O)C(=O)c3cccc(O)c3C(=O)[C@]2(O)[C@H](C)O1. The van der Waals surface area contributed by atoms with Crippen molar-refractivity contribution >= 4 is 52.8 Å². The lowest BCUT2D eigenvalue weighted by atomic mass is 9.63. The van der Waals surface area contributed by atoms with Crippen LogP contribution >= 0.6 is 11.8 Å². The number of ether oxygens (including phenoxy) is 5. The van der Waals surface area contributed by atoms with Gasteiger partial charge in [-0.1, -0.05) is 24.3 Å². The molecule has 2 aromatic rings. The average Bonchev–Trinajstić information content (AvgIpc) is 3.19. The highest BCUT2D eigenvalue weighted by molar-refractivity contribution is 8.03. The van der Waals surface area contributed by atoms with Crippen LogP contribution < -0.4 is 0 Å². The van der Waals surface area contributed by atoms with Crippen LogP contribution in [0.25, 0.3) is 0 Å². The second kappa shape index (κ2) is 15.0. The second-order valence-electron chi connectivity index (χ2n) is 15.4. The molecule has 8 N–H and O–H groups in total. The molecule has 60 heavy (non-hydrogen) atoms. The largest absolute Gasteiger partial charge is 0.507 e. The minimum Gasteiger partial charge on any atom is -0.507 e. The highest BCUT2D eigenvalue weighted by atomic mass is 32.2. The van der Waals surface area contributed by atoms with E-state index in [0.29, 0.717) is 0 Å². The van der Waals surface area contributed by atoms with Gasteiger partial charge in [0.15, 0.2) is 28.9 Å². The second-order valence-corrected chi connectivity index (χ2v) is 17.0. The Kier molecular flexibility index (Phi) is 10.8. The maximum Gasteiger partial charge on any atom is 0.335 e. The van der Waals surface area contributed by atoms with Crippen LogP contribution in [0.5, 0.6) is 11.5 Å². The lowest BCUT2D eigenvalue weighted by Crippen LogP contribution is -2.79. The predicted molar refractivity (Wildman–Crippen MR) is 196 cm³/mol. The van der Waals surface area contributed by atoms with Gasteiger partial charge in [-0.05, 0) is 38.8 Å². The molecule has 0 saturated carbocycles. The molecule has 13 atom stereocenters. The van der Waals surface area contributed by atoms with Gasteiger partial charge >= 0.3 is 17.9 Å². The molecule has 3 fully saturated rings. The molecule has 0 unspecified atom stereocenters. The number of phenols is 2. The van der Waals surface area contributed by atoms with E-state index in [1.54, 1.807) is 0 Å². The number of methoxy groups -OCH3 is 1. The maximum atomic E-state index is 15.3. The van der Waals surface area contributed by atoms with Gasteiger partial charge in [0.1, 0.15) is 39.3 Å². The first-order chi connectivity index (χ1) is 28.1. The number of ketones is 4. The fourth-order valence-electron chi connectivity index (χ4n) is 9.15. The third-order valence-corrected chi connectivity index (χ3v) is 14.1. The summed E-state index contributed by atoms with van der Waals surface area (Å²) in [7, 11) is 1.08. The zero-order valence-electron chi connectivity index (χ0n) is 31.9. The van der Waals surface area contributed by atoms with Crippen molar-refractivity contribution in [3.05, 3.63) is 58.7 Å². The van der Waals surface area contributed by atoms with Crippen molar-refractivity contribution in [2.45, 2.75) is 115 Å². The molecule has 3 saturated heterocycles. The molecular weight excluding hydrogens is 820 g/mol. The molecule has 2 aromatic carbocycles. The zero-order valence-corrected chi connectivity index (χ0v) is 32.7. The van der Waals surface area contributed by atoms with Crippen molar-refractivity contribution in [3.8, 4) is 11.5 Å². The van der Waals surface area contributed by atoms with Crippen LogP contribution in [-0.4, -0.2) is 165 Å². The molecule has 21 heteroatoms. The Morgan fingerprint density at radius 3 is 1.58 bits per heavy atom. The first kappa shape index (κ1) is 43.3. The summed E-state index contributed by atoms with van der Waals surface area (Å²) in [5, 5.41) is 87.6. The van der Waals surface area contributed by atoms with E-state index in [0.717, 1.165) is 32.2 Å². The quantitative estimate of drug-likeness (QED) is 0.147. The molecule has 5 aliphatic rings. The third-order valence-electron chi connectivity index (χ3n) is 12.1. The number of carbonyl (C=O) groups is 7. The number of Topliss-reactive ketones (excluding diaryl/α,β-unsaturated/α-hetero) is 4. The first-order valence-electron chi connectivity index (χ1n) is 18.6. The number of rotatable bonds is 8. The summed E-state index contributed by atoms with van der Waals surface area (Å²) in [6, 6.07) is 6.96. The molecule has 7 rings (SSSR count). The number of phenolic OH excluding ortho intramolecular Hbond substituents is 2. The summed E-state index contributed by atoms with van der Waals surface area (Å²) >= 11 is 0.222. The summed E-state index contributed by atoms with van der Waals surface area (Å²) in [6.45, 7) is 2.35. The van der Waals surface area contributed by atoms with E-state index < -0.39 is 176 Å². The van der Waals surface area contributed by atoms with Gasteiger partial charge in [-0.15, -0.1) is 11.8 Å². The Balaban J connectivity index is 1.38. The number of carboxylic acid groups (broad SMARTS) is 1. The molecule has 322 valence electrons. The van der Waals surface area contributed by atoms with Gasteiger partial charge in [0, 0.05) is 11.1 Å². The maximum absolute atomic E-state index is 15.3. The van der Waals surface area contributed by atoms with Gasteiger partial charge < -0.3 is 64.5 Å². The number of carbonyl (C=O) groups excluding carboxylic acids is 6. The molecule has 3 heterocycles. The van der Waals surface area contributed by atoms with E-state index in [4.69, 9.17) is 23.7 Å². The lowest BCUT2D eigenvalue weighted by molar-refractivity contribution is -0.287. The fourth-order valence-corrected chi connectivity index (χ4v) is 11.5. The monoisotopic (exact) mass is 860 g/mol. The van der Waals surface area contributed by atoms with Gasteiger partial charge in [-0.2, -0.15) is 0 Å². The van der Waals surface area contributed by atoms with Crippen LogP contribution in [-0.2, 0) is 38.1 Å². The fraction of sp³-hybridized carbons (Fsp3) is 0.513. The molecule has 3 aliphatic heterocycles. The van der Waals surface area contributed by atoms with Crippen molar-refractivity contribution in [1.29, 1.82) is 0 Å². The number of carboxylic acids is 1. The van der Waals surface area contributed by atoms with Crippen LogP contribution in [0.4, 0.5) is 0 Å². The molecule has 0 aromatic heterocycles. The van der Waals surface area contributed by atoms with E-state index in [2.05, 4.69) is 0 Å². The summed E-state index contributed by atoms with van der Waals surface area (Å²) in [5.41, 5.74) is -8.18. The van der Waals surface area contributed by atoms with E-state index in [9.17, 15) is 64.8 Å². The predicted octanol–water partition coefficient (Wildman–Crippen LogP) is -1.03. The summed E-state index contributed by atoms with van der Waals surface area (Å²) < 4.78 is 21.6. The van der Waals surface area contributed by atoms with Gasteiger partial charge in [-0.3, -0.25) is 28.8 Å². The number of esters is 2. The van der Waals surface area contributed by atoms with Gasteiger partial charge in [0.2, 0.25) is 17.9 Å². The number of hydrogen-bond acceptors (Lipinski definition) is 20. The van der Waals surface area contributed by atoms with E-state index in [1.807, 2.05) is 0 Å². The van der Waals surface area contributed by atoms with E-state index in [1.165, 1.54) is 25.1 Å². The number of aliphatic carboxylic acids is 1. The van der Waals surface area contributed by atoms with Crippen LogP contribution in [0.2, 0.25) is 0 Å². The normalized spacial score (nSPS) is 38.5. The minimum absolute atomic E-state index is 0.222. The molecule has 0 amide bonds. The van der Waals surface area contributed by atoms with Crippen molar-refractivity contribution in [3.63, 3.8) is 0 Å². The summed E-state index contributed by atoms with van der Waals surface area (Å²) in [4.78, 5) is 97.6. The van der Waals surface area contributed by atoms with Crippen molar-refractivity contribution in [2.24, 2.45) is 0 Å². The Hall–Kier alpha value is -4.84. The highest BCUT2D eigenvalue weighted by Crippen LogP contribution is 2.64. The standard InChI is InChI=1S/C39H40O20S/c1-14-38(53)32(49)24-18(6-4-8-20(24)40)30(47)36(38,12-16(56-14)10-22(42)55-3)60-37-13-17(11-23(43)58-35-28(46)26(44)27(45)29(59-35)34(51)52)57-15(2)39(37,54)33(50)25-19(31(37)48)7-5-9-21(25)41/h4-9,14-17,26-29,35,40-41,44-46,53-54H,10-13H2,1-3H3,(H,51,52)/t14-,15-,16-,17-,26+,27+,28-,29+,35-,36+,37+,38+,39+/m0/s1. The van der Waals surface area contributed by atoms with Crippen LogP contribution in [0, 0.1) is 0 Å². The molecule has 0 spiro atoms. The number of aromatic hydroxyl groups is 2. The van der Waals surface area contributed by atoms with Gasteiger partial charge in [0.25, 0.3) is 0 Å². The van der Waals surface area contributed by atoms with Crippen LogP contribution in [0.1, 0.15) is 81.0 Å². The van der Waals surface area contributed by atoms with E-state index in [-0.39, 0.29) is 11.8 Å². The Labute approximate surface area is 342 Å². The van der Waals surface area contributed by atoms with Crippen molar-refractivity contribution < 1.29 is 98.1 Å². The van der Waals surface area contributed by atoms with Crippen LogP contribution in [0.3, 0.4) is 0 Å². The molecule has 0 bridgehead atoms. The Bertz CT molecular complexity index is 2210. The number of aliphatic hydroxyl groups excluding tert-OH is 3. The molecule has 0 radical (unpaired) electrons. The van der Waals surface area contributed by atoms with E-state index >= 15 is 9.59 Å². The average molecular weight is 861 g/mol. The Morgan fingerprint density at radius 2 is 1.15 bits per heavy atom. The van der Waals surface area contributed by atoms with Crippen molar-refractivity contribution in [1.82, 2.24) is 0 Å². The highest BCUT2D eigenvalue weighted by Gasteiger charge is 2.78. The number of thioether (sulfide) groups is 1. The smallest absolute Gasteiger partial charge is 0.335 e. The van der Waals surface area contributed by atoms with Gasteiger partial charge in [0.05, 0.1) is 55.5 Å². The zero-order chi connectivity index (χ0) is 44.0. The van der Waals surface area contributed by atoms with Crippen molar-refractivity contribution in [2.75, 3.05) is 7.11 Å². The Morgan fingerprint density at radius 1 is 0.700 bits per heavy atom. The minimum atomic E-state index is -3.07. The number of hydrogen-bond donors (Lipinski definition) is 8. The summed E-state index contributed by atoms with van der Waals surface area (Å²) in [6.07, 6.45) is -20.2. The van der Waals surface area contributed by atoms with Crippen LogP contribution in [0.15, 0.2) is 36.4 Å². The lowest BCUT2D eigenvalue weighted by Gasteiger charge is -2.61. The number of aliphatic hydroxyl groups is 5. The number of benzene rings is 2. The van der Waals surface area contributed by atoms with Gasteiger partial charge in [-0.25, -0.2) is 4.79 Å². The molecule has 20 nitrogen and oxygen atoms in total. The topological polar surface area (TPSA) is 327 Å². The number of fused-ring (bicyclic) bond motifs is 4. The first-order valence-corrected chi connectivity index (χ1v) is 19.4.